The van der Waals surface area contributed by atoms with Crippen LogP contribution < -0.4 is 5.32 Å². The Bertz CT molecular complexity index is 1140. The van der Waals surface area contributed by atoms with Crippen LogP contribution in [0.3, 0.4) is 0 Å². The molecule has 1 fully saturated rings. The van der Waals surface area contributed by atoms with Crippen molar-refractivity contribution in [3.63, 3.8) is 0 Å². The van der Waals surface area contributed by atoms with Gasteiger partial charge >= 0.3 is 5.97 Å². The van der Waals surface area contributed by atoms with E-state index >= 15 is 0 Å². The minimum Gasteiger partial charge on any atom is -0.460 e. The molecule has 1 aromatic heterocycles. The normalized spacial score (nSPS) is 15.3. The summed E-state index contributed by atoms with van der Waals surface area (Å²) in [5, 5.41) is 13.2. The van der Waals surface area contributed by atoms with E-state index < -0.39 is 26.8 Å². The van der Waals surface area contributed by atoms with Crippen molar-refractivity contribution in [2.45, 2.75) is 24.9 Å². The van der Waals surface area contributed by atoms with E-state index in [2.05, 4.69) is 5.32 Å². The number of piperidine rings is 1. The fourth-order valence-electron chi connectivity index (χ4n) is 3.23. The predicted octanol–water partition coefficient (Wildman–Crippen LogP) is 3.06. The number of nitrogens with one attached hydrogen (secondary N) is 1. The van der Waals surface area contributed by atoms with Gasteiger partial charge in [-0.3, -0.25) is 14.9 Å². The first-order valence-electron chi connectivity index (χ1n) is 9.65. The van der Waals surface area contributed by atoms with E-state index in [0.29, 0.717) is 0 Å². The molecule has 1 aromatic carbocycles. The Hall–Kier alpha value is -2.96. The summed E-state index contributed by atoms with van der Waals surface area (Å²) in [6, 6.07) is 6.35. The van der Waals surface area contributed by atoms with Gasteiger partial charge in [0, 0.05) is 30.8 Å². The molecule has 1 saturated heterocycles. The third kappa shape index (κ3) is 5.09. The van der Waals surface area contributed by atoms with Crippen LogP contribution in [-0.2, 0) is 19.6 Å². The molecule has 1 aliphatic rings. The molecule has 1 N–H and O–H groups in total. The summed E-state index contributed by atoms with van der Waals surface area (Å²) in [7, 11) is -3.98. The molecule has 0 spiro atoms. The fourth-order valence-corrected chi connectivity index (χ4v) is 4.80. The monoisotopic (exact) mass is 485 g/mol. The zero-order valence-corrected chi connectivity index (χ0v) is 18.5. The summed E-state index contributed by atoms with van der Waals surface area (Å²) in [5.74, 6) is -1.83. The number of benzene rings is 1. The van der Waals surface area contributed by atoms with E-state index in [-0.39, 0.29) is 65.7 Å². The van der Waals surface area contributed by atoms with Crippen molar-refractivity contribution in [1.29, 1.82) is 0 Å². The number of nitro benzene ring substituents is 1. The largest absolute Gasteiger partial charge is 0.460 e. The molecule has 3 rings (SSSR count). The summed E-state index contributed by atoms with van der Waals surface area (Å²) in [6.45, 7) is 1.88. The highest BCUT2D eigenvalue weighted by molar-refractivity contribution is 7.89. The van der Waals surface area contributed by atoms with Crippen LogP contribution in [0.5, 0.6) is 0 Å². The number of hydrogen-bond donors (Lipinski definition) is 1. The predicted molar refractivity (Wildman–Crippen MR) is 113 cm³/mol. The minimum absolute atomic E-state index is 0.0458. The highest BCUT2D eigenvalue weighted by Gasteiger charge is 2.34. The summed E-state index contributed by atoms with van der Waals surface area (Å²) in [4.78, 5) is 34.6. The molecule has 0 bridgehead atoms. The molecule has 32 heavy (non-hydrogen) atoms. The van der Waals surface area contributed by atoms with Crippen molar-refractivity contribution in [3.05, 3.63) is 51.2 Å². The van der Waals surface area contributed by atoms with Crippen molar-refractivity contribution in [3.8, 4) is 0 Å². The number of sulfonamides is 1. The van der Waals surface area contributed by atoms with Crippen LogP contribution in [-0.4, -0.2) is 49.2 Å². The van der Waals surface area contributed by atoms with E-state index in [1.54, 1.807) is 6.92 Å². The Balaban J connectivity index is 1.62. The van der Waals surface area contributed by atoms with E-state index in [4.69, 9.17) is 20.8 Å². The van der Waals surface area contributed by atoms with Crippen LogP contribution in [0.1, 0.15) is 30.3 Å². The van der Waals surface area contributed by atoms with Crippen molar-refractivity contribution in [1.82, 2.24) is 4.31 Å². The van der Waals surface area contributed by atoms with Crippen LogP contribution in [0, 0.1) is 16.0 Å². The maximum atomic E-state index is 12.8. The summed E-state index contributed by atoms with van der Waals surface area (Å²) in [6.07, 6.45) is 0.485. The zero-order valence-electron chi connectivity index (χ0n) is 16.9. The van der Waals surface area contributed by atoms with E-state index in [0.717, 1.165) is 6.07 Å². The molecule has 0 radical (unpaired) electrons. The van der Waals surface area contributed by atoms with E-state index in [1.807, 2.05) is 0 Å². The lowest BCUT2D eigenvalue weighted by atomic mass is 9.97. The standard InChI is InChI=1S/C19H20ClN3O8S/c1-2-30-19(25)16-5-6-17(31-16)32(28,29)22-9-7-12(8-10-22)18(24)21-13-3-4-14(20)15(11-13)23(26)27/h3-6,11-12H,2,7-10H2,1H3,(H,21,24). The third-order valence-corrected chi connectivity index (χ3v) is 6.98. The summed E-state index contributed by atoms with van der Waals surface area (Å²) < 4.78 is 36.7. The first-order valence-corrected chi connectivity index (χ1v) is 11.5. The van der Waals surface area contributed by atoms with Gasteiger partial charge in [-0.2, -0.15) is 4.31 Å². The summed E-state index contributed by atoms with van der Waals surface area (Å²) in [5.41, 5.74) is -0.103. The van der Waals surface area contributed by atoms with Crippen molar-refractivity contribution in [2.75, 3.05) is 25.0 Å². The lowest BCUT2D eigenvalue weighted by Crippen LogP contribution is -2.41. The minimum atomic E-state index is -3.98. The zero-order chi connectivity index (χ0) is 23.5. The number of nitrogens with zero attached hydrogens (tertiary/aromatic N) is 2. The lowest BCUT2D eigenvalue weighted by Gasteiger charge is -2.29. The Morgan fingerprint density at radius 2 is 1.97 bits per heavy atom. The molecule has 11 nitrogen and oxygen atoms in total. The fraction of sp³-hybridized carbons (Fsp3) is 0.368. The van der Waals surface area contributed by atoms with Crippen LogP contribution in [0.2, 0.25) is 5.02 Å². The number of nitro groups is 1. The molecular weight excluding hydrogens is 466 g/mol. The molecule has 172 valence electrons. The van der Waals surface area contributed by atoms with Gasteiger partial charge in [0.05, 0.1) is 11.5 Å². The van der Waals surface area contributed by atoms with E-state index in [1.165, 1.54) is 28.6 Å². The Kier molecular flexibility index (Phi) is 7.16. The number of ether oxygens (including phenoxy) is 1. The number of esters is 1. The number of rotatable bonds is 7. The number of carbonyl (C=O) groups excluding carboxylic acids is 2. The van der Waals surface area contributed by atoms with Gasteiger partial charge in [0.1, 0.15) is 5.02 Å². The van der Waals surface area contributed by atoms with Crippen molar-refractivity contribution >= 4 is 44.9 Å². The number of furan rings is 1. The van der Waals surface area contributed by atoms with Gasteiger partial charge in [-0.05, 0) is 44.0 Å². The van der Waals surface area contributed by atoms with Gasteiger partial charge in [-0.15, -0.1) is 0 Å². The first-order chi connectivity index (χ1) is 15.1. The number of halogens is 1. The van der Waals surface area contributed by atoms with Crippen LogP contribution >= 0.6 is 11.6 Å². The van der Waals surface area contributed by atoms with Gasteiger partial charge in [0.2, 0.25) is 16.8 Å². The Labute approximate surface area is 188 Å². The molecular formula is C19H20ClN3O8S. The third-order valence-electron chi connectivity index (χ3n) is 4.89. The molecule has 2 aromatic rings. The molecule has 0 atom stereocenters. The maximum Gasteiger partial charge on any atom is 0.374 e. The van der Waals surface area contributed by atoms with E-state index in [9.17, 15) is 28.1 Å². The molecule has 13 heteroatoms. The second-order valence-electron chi connectivity index (χ2n) is 6.93. The number of anilines is 1. The van der Waals surface area contributed by atoms with Gasteiger partial charge in [0.15, 0.2) is 0 Å². The lowest BCUT2D eigenvalue weighted by molar-refractivity contribution is -0.384. The molecule has 0 aliphatic carbocycles. The smallest absolute Gasteiger partial charge is 0.374 e. The Morgan fingerprint density at radius 3 is 2.59 bits per heavy atom. The number of carbonyl (C=O) groups is 2. The molecule has 1 aliphatic heterocycles. The van der Waals surface area contributed by atoms with Gasteiger partial charge in [0.25, 0.3) is 15.7 Å². The quantitative estimate of drug-likeness (QED) is 0.357. The second-order valence-corrected chi connectivity index (χ2v) is 9.21. The highest BCUT2D eigenvalue weighted by atomic mass is 35.5. The van der Waals surface area contributed by atoms with Gasteiger partial charge in [-0.1, -0.05) is 11.6 Å². The first kappa shape index (κ1) is 23.7. The summed E-state index contributed by atoms with van der Waals surface area (Å²) >= 11 is 5.77. The second kappa shape index (κ2) is 9.67. The number of amides is 1. The maximum absolute atomic E-state index is 12.8. The van der Waals surface area contributed by atoms with Crippen LogP contribution in [0.4, 0.5) is 11.4 Å². The number of hydrogen-bond acceptors (Lipinski definition) is 8. The average Bonchev–Trinajstić information content (AvgIpc) is 3.26. The molecule has 1 amide bonds. The van der Waals surface area contributed by atoms with Crippen LogP contribution in [0.25, 0.3) is 0 Å². The van der Waals surface area contributed by atoms with Gasteiger partial charge < -0.3 is 14.5 Å². The van der Waals surface area contributed by atoms with Gasteiger partial charge in [-0.25, -0.2) is 13.2 Å². The van der Waals surface area contributed by atoms with Crippen LogP contribution in [0.15, 0.2) is 39.8 Å². The Morgan fingerprint density at radius 1 is 1.28 bits per heavy atom. The average molecular weight is 486 g/mol. The van der Waals surface area contributed by atoms with Crippen molar-refractivity contribution < 1.29 is 32.1 Å². The van der Waals surface area contributed by atoms with Crippen molar-refractivity contribution in [2.24, 2.45) is 5.92 Å². The molecule has 0 unspecified atom stereocenters. The molecule has 0 saturated carbocycles. The topological polar surface area (TPSA) is 149 Å². The SMILES string of the molecule is CCOC(=O)c1ccc(S(=O)(=O)N2CCC(C(=O)Nc3ccc(Cl)c([N+](=O)[O-])c3)CC2)o1. The molecule has 2 heterocycles. The highest BCUT2D eigenvalue weighted by Crippen LogP contribution is 2.29.